The maximum absolute atomic E-state index is 13.6. The van der Waals surface area contributed by atoms with Gasteiger partial charge < -0.3 is 0 Å². The van der Waals surface area contributed by atoms with Crippen molar-refractivity contribution in [3.63, 3.8) is 0 Å². The van der Waals surface area contributed by atoms with Crippen LogP contribution < -0.4 is 11.2 Å². The maximum atomic E-state index is 13.6. The van der Waals surface area contributed by atoms with Crippen molar-refractivity contribution in [1.29, 1.82) is 5.26 Å². The van der Waals surface area contributed by atoms with E-state index in [1.165, 1.54) is 7.05 Å². The summed E-state index contributed by atoms with van der Waals surface area (Å²) in [7, 11) is 1.17. The van der Waals surface area contributed by atoms with Gasteiger partial charge in [-0.3, -0.25) is 13.9 Å². The molecule has 0 spiro atoms. The van der Waals surface area contributed by atoms with E-state index >= 15 is 0 Å². The number of rotatable bonds is 1. The summed E-state index contributed by atoms with van der Waals surface area (Å²) in [6, 6.07) is 4.25. The van der Waals surface area contributed by atoms with E-state index in [1.807, 2.05) is 0 Å². The molecule has 1 aromatic carbocycles. The van der Waals surface area contributed by atoms with E-state index in [-0.39, 0.29) is 11.3 Å². The van der Waals surface area contributed by atoms with Crippen LogP contribution in [-0.4, -0.2) is 9.13 Å². The number of halogens is 2. The molecule has 2 rings (SSSR count). The van der Waals surface area contributed by atoms with Gasteiger partial charge >= 0.3 is 5.69 Å². The highest BCUT2D eigenvalue weighted by Crippen LogP contribution is 2.12. The zero-order valence-electron chi connectivity index (χ0n) is 9.72. The first-order valence-corrected chi connectivity index (χ1v) is 5.14. The molecule has 0 amide bonds. The van der Waals surface area contributed by atoms with Gasteiger partial charge in [-0.2, -0.15) is 5.26 Å². The number of hydrogen-bond donors (Lipinski definition) is 0. The predicted molar refractivity (Wildman–Crippen MR) is 61.9 cm³/mol. The summed E-state index contributed by atoms with van der Waals surface area (Å²) >= 11 is 0. The van der Waals surface area contributed by atoms with E-state index in [1.54, 1.807) is 6.07 Å². The monoisotopic (exact) mass is 263 g/mol. The third-order valence-electron chi connectivity index (χ3n) is 2.58. The van der Waals surface area contributed by atoms with Crippen LogP contribution in [0.25, 0.3) is 5.69 Å². The Morgan fingerprint density at radius 1 is 1.26 bits per heavy atom. The van der Waals surface area contributed by atoms with Crippen LogP contribution in [0.1, 0.15) is 5.56 Å². The van der Waals surface area contributed by atoms with Gasteiger partial charge in [0.25, 0.3) is 5.56 Å². The van der Waals surface area contributed by atoms with E-state index in [0.717, 1.165) is 22.9 Å². The standard InChI is InChI=1S/C12H7F2N3O2/c1-16-11(18)7(5-15)6-17(12(16)19)10-3-2-8(13)4-9(10)14/h2-4,6H,1H3. The Morgan fingerprint density at radius 2 is 1.95 bits per heavy atom. The zero-order chi connectivity index (χ0) is 14.2. The van der Waals surface area contributed by atoms with Crippen molar-refractivity contribution >= 4 is 0 Å². The fourth-order valence-corrected chi connectivity index (χ4v) is 1.59. The predicted octanol–water partition coefficient (Wildman–Crippen LogP) is 0.686. The van der Waals surface area contributed by atoms with Gasteiger partial charge in [-0.15, -0.1) is 0 Å². The van der Waals surface area contributed by atoms with Crippen molar-refractivity contribution in [1.82, 2.24) is 9.13 Å². The van der Waals surface area contributed by atoms with Gasteiger partial charge in [-0.1, -0.05) is 0 Å². The summed E-state index contributed by atoms with van der Waals surface area (Å²) in [4.78, 5) is 23.4. The van der Waals surface area contributed by atoms with E-state index in [4.69, 9.17) is 5.26 Å². The average molecular weight is 263 g/mol. The summed E-state index contributed by atoms with van der Waals surface area (Å²) in [5.41, 5.74) is -2.15. The Bertz CT molecular complexity index is 815. The van der Waals surface area contributed by atoms with Crippen LogP contribution in [0.3, 0.4) is 0 Å². The largest absolute Gasteiger partial charge is 0.335 e. The third-order valence-corrected chi connectivity index (χ3v) is 2.58. The molecular weight excluding hydrogens is 256 g/mol. The van der Waals surface area contributed by atoms with Crippen LogP contribution in [0.5, 0.6) is 0 Å². The topological polar surface area (TPSA) is 67.8 Å². The normalized spacial score (nSPS) is 10.2. The minimum absolute atomic E-state index is 0.237. The van der Waals surface area contributed by atoms with Crippen LogP contribution in [0.15, 0.2) is 34.0 Å². The van der Waals surface area contributed by atoms with Gasteiger partial charge in [0.15, 0.2) is 0 Å². The lowest BCUT2D eigenvalue weighted by molar-refractivity contribution is 0.573. The van der Waals surface area contributed by atoms with E-state index in [9.17, 15) is 18.4 Å². The Labute approximate surface area is 105 Å². The van der Waals surface area contributed by atoms with E-state index < -0.39 is 22.9 Å². The molecule has 0 aliphatic heterocycles. The van der Waals surface area contributed by atoms with Gasteiger partial charge in [0, 0.05) is 19.3 Å². The van der Waals surface area contributed by atoms with Gasteiger partial charge in [-0.05, 0) is 12.1 Å². The SMILES string of the molecule is Cn1c(=O)c(C#N)cn(-c2ccc(F)cc2F)c1=O. The highest BCUT2D eigenvalue weighted by atomic mass is 19.1. The molecule has 19 heavy (non-hydrogen) atoms. The maximum Gasteiger partial charge on any atom is 0.335 e. The molecule has 0 atom stereocenters. The van der Waals surface area contributed by atoms with Gasteiger partial charge in [0.1, 0.15) is 23.3 Å². The molecule has 0 saturated heterocycles. The number of nitrogens with zero attached hydrogens (tertiary/aromatic N) is 3. The van der Waals surface area contributed by atoms with Crippen molar-refractivity contribution in [3.8, 4) is 11.8 Å². The highest BCUT2D eigenvalue weighted by molar-refractivity contribution is 5.36. The fraction of sp³-hybridized carbons (Fsp3) is 0.0833. The average Bonchev–Trinajstić information content (AvgIpc) is 2.38. The lowest BCUT2D eigenvalue weighted by Gasteiger charge is -2.08. The molecule has 2 aromatic rings. The molecule has 7 heteroatoms. The molecule has 0 aliphatic rings. The van der Waals surface area contributed by atoms with Crippen molar-refractivity contribution < 1.29 is 8.78 Å². The smallest absolute Gasteiger partial charge is 0.268 e. The fourth-order valence-electron chi connectivity index (χ4n) is 1.59. The molecule has 0 radical (unpaired) electrons. The Morgan fingerprint density at radius 3 is 2.53 bits per heavy atom. The lowest BCUT2D eigenvalue weighted by Crippen LogP contribution is -2.38. The van der Waals surface area contributed by atoms with Gasteiger partial charge in [0.2, 0.25) is 0 Å². The summed E-state index contributed by atoms with van der Waals surface area (Å²) in [6.07, 6.45) is 0.932. The van der Waals surface area contributed by atoms with E-state index in [0.29, 0.717) is 10.6 Å². The quantitative estimate of drug-likeness (QED) is 0.760. The van der Waals surface area contributed by atoms with E-state index in [2.05, 4.69) is 0 Å². The van der Waals surface area contributed by atoms with Crippen molar-refractivity contribution in [2.24, 2.45) is 7.05 Å². The van der Waals surface area contributed by atoms with Crippen LogP contribution in [0, 0.1) is 23.0 Å². The number of hydrogen-bond acceptors (Lipinski definition) is 3. The number of aromatic nitrogens is 2. The summed E-state index contributed by atoms with van der Waals surface area (Å²) in [5.74, 6) is -1.76. The third kappa shape index (κ3) is 2.04. The van der Waals surface area contributed by atoms with Gasteiger partial charge in [-0.25, -0.2) is 13.6 Å². The van der Waals surface area contributed by atoms with Crippen LogP contribution in [0.4, 0.5) is 8.78 Å². The first-order valence-electron chi connectivity index (χ1n) is 5.14. The molecule has 0 aliphatic carbocycles. The molecule has 0 fully saturated rings. The molecule has 96 valence electrons. The molecule has 5 nitrogen and oxygen atoms in total. The molecule has 0 unspecified atom stereocenters. The number of benzene rings is 1. The number of nitriles is 1. The van der Waals surface area contributed by atoms with Crippen LogP contribution in [-0.2, 0) is 7.05 Å². The Balaban J connectivity index is 2.84. The molecule has 0 bridgehead atoms. The van der Waals surface area contributed by atoms with Crippen LogP contribution in [0.2, 0.25) is 0 Å². The first-order chi connectivity index (χ1) is 8.95. The molecule has 0 N–H and O–H groups in total. The van der Waals surface area contributed by atoms with Crippen LogP contribution >= 0.6 is 0 Å². The van der Waals surface area contributed by atoms with Crippen molar-refractivity contribution in [2.45, 2.75) is 0 Å². The zero-order valence-corrected chi connectivity index (χ0v) is 9.72. The summed E-state index contributed by atoms with van der Waals surface area (Å²) in [6.45, 7) is 0. The lowest BCUT2D eigenvalue weighted by atomic mass is 10.2. The molecule has 1 aromatic heterocycles. The second-order valence-corrected chi connectivity index (χ2v) is 3.77. The highest BCUT2D eigenvalue weighted by Gasteiger charge is 2.13. The van der Waals surface area contributed by atoms with Crippen molar-refractivity contribution in [3.05, 3.63) is 62.4 Å². The summed E-state index contributed by atoms with van der Waals surface area (Å²) < 4.78 is 27.9. The summed E-state index contributed by atoms with van der Waals surface area (Å²) in [5, 5.41) is 8.79. The second kappa shape index (κ2) is 4.49. The minimum atomic E-state index is -0.968. The first kappa shape index (κ1) is 12.7. The van der Waals surface area contributed by atoms with Gasteiger partial charge in [0.05, 0.1) is 5.69 Å². The molecule has 0 saturated carbocycles. The minimum Gasteiger partial charge on any atom is -0.268 e. The molecule has 1 heterocycles. The Kier molecular flexibility index (Phi) is 3.00. The second-order valence-electron chi connectivity index (χ2n) is 3.77. The molecular formula is C12H7F2N3O2. The Hall–Kier alpha value is -2.75. The van der Waals surface area contributed by atoms with Crippen molar-refractivity contribution in [2.75, 3.05) is 0 Å².